The maximum absolute atomic E-state index is 12.9. The van der Waals surface area contributed by atoms with Crippen LogP contribution < -0.4 is 10.9 Å². The van der Waals surface area contributed by atoms with Gasteiger partial charge in [0, 0.05) is 30.8 Å². The molecule has 0 atom stereocenters. The fourth-order valence-corrected chi connectivity index (χ4v) is 4.05. The number of thiophene rings is 1. The van der Waals surface area contributed by atoms with Gasteiger partial charge in [-0.2, -0.15) is 9.78 Å². The average Bonchev–Trinajstić information content (AvgIpc) is 3.52. The molecule has 0 aliphatic rings. The summed E-state index contributed by atoms with van der Waals surface area (Å²) in [5, 5.41) is 7.62. The first-order valence-electron chi connectivity index (χ1n) is 9.42. The molecule has 8 nitrogen and oxygen atoms in total. The van der Waals surface area contributed by atoms with Crippen LogP contribution in [0, 0.1) is 0 Å². The molecule has 4 aromatic heterocycles. The SMILES string of the molecule is COCCn1cccc(-c2cc(NCc3ccc(Cl)s3)n(C(=O)c3ccco3)n2)c1=O. The zero-order chi connectivity index (χ0) is 21.8. The van der Waals surface area contributed by atoms with Gasteiger partial charge < -0.3 is 19.0 Å². The third kappa shape index (κ3) is 4.63. The Labute approximate surface area is 186 Å². The number of methoxy groups -OCH3 is 1. The van der Waals surface area contributed by atoms with Crippen molar-refractivity contribution in [2.45, 2.75) is 13.1 Å². The van der Waals surface area contributed by atoms with Crippen molar-refractivity contribution in [2.24, 2.45) is 0 Å². The van der Waals surface area contributed by atoms with Crippen LogP contribution in [0.5, 0.6) is 0 Å². The first-order chi connectivity index (χ1) is 15.1. The van der Waals surface area contributed by atoms with Gasteiger partial charge in [-0.15, -0.1) is 11.3 Å². The third-order valence-corrected chi connectivity index (χ3v) is 5.77. The second kappa shape index (κ2) is 9.34. The Morgan fingerprint density at radius 2 is 2.16 bits per heavy atom. The standard InChI is InChI=1S/C21H19ClN4O4S/c1-29-11-9-25-8-2-4-15(20(25)27)16-12-19(23-13-14-6-7-18(22)31-14)26(24-16)21(28)17-5-3-10-30-17/h2-8,10,12,23H,9,11,13H2,1H3. The monoisotopic (exact) mass is 458 g/mol. The molecule has 4 aromatic rings. The van der Waals surface area contributed by atoms with Crippen molar-refractivity contribution < 1.29 is 13.9 Å². The van der Waals surface area contributed by atoms with Crippen LogP contribution in [0.15, 0.2) is 64.1 Å². The van der Waals surface area contributed by atoms with Gasteiger partial charge in [-0.1, -0.05) is 11.6 Å². The topological polar surface area (TPSA) is 91.3 Å². The lowest BCUT2D eigenvalue weighted by Crippen LogP contribution is -2.23. The van der Waals surface area contributed by atoms with Gasteiger partial charge >= 0.3 is 5.91 Å². The lowest BCUT2D eigenvalue weighted by molar-refractivity contribution is 0.0920. The van der Waals surface area contributed by atoms with Crippen molar-refractivity contribution >= 4 is 34.7 Å². The molecule has 4 heterocycles. The number of carbonyl (C=O) groups excluding carboxylic acids is 1. The average molecular weight is 459 g/mol. The molecule has 0 spiro atoms. The minimum Gasteiger partial charge on any atom is -0.459 e. The number of nitrogens with one attached hydrogen (secondary N) is 1. The van der Waals surface area contributed by atoms with E-state index in [-0.39, 0.29) is 11.3 Å². The summed E-state index contributed by atoms with van der Waals surface area (Å²) in [7, 11) is 1.58. The van der Waals surface area contributed by atoms with E-state index in [2.05, 4.69) is 10.4 Å². The van der Waals surface area contributed by atoms with Crippen LogP contribution in [0.25, 0.3) is 11.3 Å². The van der Waals surface area contributed by atoms with Gasteiger partial charge in [0.2, 0.25) is 0 Å². The number of nitrogens with zero attached hydrogens (tertiary/aromatic N) is 3. The van der Waals surface area contributed by atoms with E-state index in [1.54, 1.807) is 48.2 Å². The first-order valence-corrected chi connectivity index (χ1v) is 10.6. The molecule has 31 heavy (non-hydrogen) atoms. The van der Waals surface area contributed by atoms with Crippen molar-refractivity contribution in [3.63, 3.8) is 0 Å². The largest absolute Gasteiger partial charge is 0.459 e. The van der Waals surface area contributed by atoms with Gasteiger partial charge in [0.15, 0.2) is 5.76 Å². The Balaban J connectivity index is 1.71. The van der Waals surface area contributed by atoms with Crippen molar-refractivity contribution in [1.82, 2.24) is 14.3 Å². The van der Waals surface area contributed by atoms with Gasteiger partial charge in [0.05, 0.1) is 29.3 Å². The highest BCUT2D eigenvalue weighted by molar-refractivity contribution is 7.16. The fraction of sp³-hybridized carbons (Fsp3) is 0.190. The summed E-state index contributed by atoms with van der Waals surface area (Å²) in [6, 6.07) is 12.0. The molecule has 0 radical (unpaired) electrons. The van der Waals surface area contributed by atoms with E-state index >= 15 is 0 Å². The summed E-state index contributed by atoms with van der Waals surface area (Å²) in [5.41, 5.74) is 0.543. The second-order valence-electron chi connectivity index (χ2n) is 6.58. The second-order valence-corrected chi connectivity index (χ2v) is 8.38. The molecular formula is C21H19ClN4O4S. The fourth-order valence-electron chi connectivity index (χ4n) is 3.02. The summed E-state index contributed by atoms with van der Waals surface area (Å²) in [4.78, 5) is 26.8. The minimum absolute atomic E-state index is 0.141. The highest BCUT2D eigenvalue weighted by atomic mass is 35.5. The minimum atomic E-state index is -0.446. The van der Waals surface area contributed by atoms with Crippen LogP contribution in [-0.2, 0) is 17.8 Å². The number of anilines is 1. The van der Waals surface area contributed by atoms with E-state index in [0.717, 1.165) is 4.88 Å². The quantitative estimate of drug-likeness (QED) is 0.429. The van der Waals surface area contributed by atoms with Crippen LogP contribution in [-0.4, -0.2) is 34.0 Å². The number of furan rings is 1. The lowest BCUT2D eigenvalue weighted by Gasteiger charge is -2.06. The Morgan fingerprint density at radius 1 is 1.29 bits per heavy atom. The number of pyridine rings is 1. The summed E-state index contributed by atoms with van der Waals surface area (Å²) in [6.07, 6.45) is 3.11. The molecule has 0 unspecified atom stereocenters. The molecule has 1 N–H and O–H groups in total. The lowest BCUT2D eigenvalue weighted by atomic mass is 10.2. The molecule has 160 valence electrons. The highest BCUT2D eigenvalue weighted by Gasteiger charge is 2.20. The zero-order valence-electron chi connectivity index (χ0n) is 16.6. The van der Waals surface area contributed by atoms with Crippen molar-refractivity contribution in [3.05, 3.63) is 80.3 Å². The Morgan fingerprint density at radius 3 is 2.87 bits per heavy atom. The molecule has 10 heteroatoms. The number of ether oxygens (including phenoxy) is 1. The van der Waals surface area contributed by atoms with Gasteiger partial charge in [-0.25, -0.2) is 0 Å². The van der Waals surface area contributed by atoms with Crippen LogP contribution in [0.2, 0.25) is 4.34 Å². The van der Waals surface area contributed by atoms with E-state index in [0.29, 0.717) is 41.1 Å². The van der Waals surface area contributed by atoms with Gasteiger partial charge in [-0.3, -0.25) is 9.59 Å². The third-order valence-electron chi connectivity index (χ3n) is 4.54. The molecule has 0 aliphatic carbocycles. The molecule has 0 amide bonds. The summed E-state index contributed by atoms with van der Waals surface area (Å²) < 4.78 is 13.7. The Bertz CT molecular complexity index is 1240. The number of hydrogen-bond donors (Lipinski definition) is 1. The van der Waals surface area contributed by atoms with Crippen LogP contribution in [0.4, 0.5) is 5.82 Å². The molecule has 0 aliphatic heterocycles. The van der Waals surface area contributed by atoms with E-state index in [1.807, 2.05) is 12.1 Å². The van der Waals surface area contributed by atoms with Gasteiger partial charge in [-0.05, 0) is 36.4 Å². The number of hydrogen-bond acceptors (Lipinski definition) is 7. The molecule has 0 saturated carbocycles. The number of rotatable bonds is 8. The van der Waals surface area contributed by atoms with Crippen LogP contribution in [0.1, 0.15) is 15.4 Å². The number of halogens is 1. The Hall–Kier alpha value is -3.14. The van der Waals surface area contributed by atoms with Crippen molar-refractivity contribution in [3.8, 4) is 11.3 Å². The number of aromatic nitrogens is 3. The highest BCUT2D eigenvalue weighted by Crippen LogP contribution is 2.24. The molecule has 0 aromatic carbocycles. The van der Waals surface area contributed by atoms with Gasteiger partial charge in [0.25, 0.3) is 5.56 Å². The zero-order valence-corrected chi connectivity index (χ0v) is 18.2. The predicted molar refractivity (Wildman–Crippen MR) is 119 cm³/mol. The molecular weight excluding hydrogens is 440 g/mol. The van der Waals surface area contributed by atoms with E-state index in [9.17, 15) is 9.59 Å². The smallest absolute Gasteiger partial charge is 0.315 e. The molecule has 0 saturated heterocycles. The van der Waals surface area contributed by atoms with Gasteiger partial charge in [0.1, 0.15) is 11.5 Å². The van der Waals surface area contributed by atoms with Crippen LogP contribution >= 0.6 is 22.9 Å². The van der Waals surface area contributed by atoms with E-state index < -0.39 is 5.91 Å². The van der Waals surface area contributed by atoms with E-state index in [4.69, 9.17) is 20.8 Å². The molecule has 0 bridgehead atoms. The molecule has 4 rings (SSSR count). The Kier molecular flexibility index (Phi) is 6.36. The maximum atomic E-state index is 12.9. The first kappa shape index (κ1) is 21.1. The summed E-state index contributed by atoms with van der Waals surface area (Å²) >= 11 is 7.44. The van der Waals surface area contributed by atoms with E-state index in [1.165, 1.54) is 22.3 Å². The van der Waals surface area contributed by atoms with Crippen molar-refractivity contribution in [2.75, 3.05) is 19.0 Å². The normalized spacial score (nSPS) is 11.0. The molecule has 0 fully saturated rings. The predicted octanol–water partition coefficient (Wildman–Crippen LogP) is 3.97. The van der Waals surface area contributed by atoms with Crippen molar-refractivity contribution in [1.29, 1.82) is 0 Å². The van der Waals surface area contributed by atoms with Crippen LogP contribution in [0.3, 0.4) is 0 Å². The summed E-state index contributed by atoms with van der Waals surface area (Å²) in [6.45, 7) is 1.27. The maximum Gasteiger partial charge on any atom is 0.315 e. The summed E-state index contributed by atoms with van der Waals surface area (Å²) in [5.74, 6) is 0.133. The number of carbonyl (C=O) groups is 1.